The number of aryl methyl sites for hydroxylation is 1. The molecule has 0 aliphatic rings. The molecule has 1 aromatic heterocycles. The molecule has 0 bridgehead atoms. The second-order valence-corrected chi connectivity index (χ2v) is 5.33. The Hall–Kier alpha value is -1.97. The summed E-state index contributed by atoms with van der Waals surface area (Å²) in [6.07, 6.45) is 6.36. The zero-order valence-electron chi connectivity index (χ0n) is 13.2. The fourth-order valence-electron chi connectivity index (χ4n) is 2.05. The molecule has 0 aliphatic heterocycles. The lowest BCUT2D eigenvalue weighted by molar-refractivity contribution is 0.217. The number of rotatable bonds is 8. The number of aromatic nitrogens is 2. The number of ether oxygens (including phenoxy) is 1. The van der Waals surface area contributed by atoms with Crippen LogP contribution in [0.15, 0.2) is 36.7 Å². The first-order chi connectivity index (χ1) is 10.2. The summed E-state index contributed by atoms with van der Waals surface area (Å²) < 4.78 is 7.82. The number of nitrogens with zero attached hydrogens (tertiary/aromatic N) is 2. The highest BCUT2D eigenvalue weighted by molar-refractivity contribution is 5.48. The van der Waals surface area contributed by atoms with Gasteiger partial charge < -0.3 is 10.1 Å². The number of hydrogen-bond donors (Lipinski definition) is 1. The molecule has 4 heteroatoms. The average molecular weight is 287 g/mol. The van der Waals surface area contributed by atoms with Crippen molar-refractivity contribution in [1.82, 2.24) is 9.78 Å². The monoisotopic (exact) mass is 287 g/mol. The van der Waals surface area contributed by atoms with Crippen LogP contribution in [0, 0.1) is 0 Å². The molecule has 4 nitrogen and oxygen atoms in total. The smallest absolute Gasteiger partial charge is 0.121 e. The van der Waals surface area contributed by atoms with Crippen molar-refractivity contribution in [3.05, 3.63) is 42.2 Å². The molecule has 0 radical (unpaired) electrons. The lowest BCUT2D eigenvalue weighted by Gasteiger charge is -2.13. The van der Waals surface area contributed by atoms with Gasteiger partial charge in [0.25, 0.3) is 0 Å². The molecule has 2 rings (SSSR count). The van der Waals surface area contributed by atoms with Gasteiger partial charge in [0, 0.05) is 36.6 Å². The second-order valence-electron chi connectivity index (χ2n) is 5.33. The standard InChI is InChI=1S/C17H25N3O/c1-4-9-20-13-15(12-19-20)11-18-16-7-6-8-17(10-16)21-14(3)5-2/h6-8,10,12-14,18H,4-5,9,11H2,1-3H3. The minimum absolute atomic E-state index is 0.243. The first kappa shape index (κ1) is 15.4. The van der Waals surface area contributed by atoms with E-state index in [9.17, 15) is 0 Å². The van der Waals surface area contributed by atoms with Gasteiger partial charge in [-0.3, -0.25) is 4.68 Å². The Bertz CT molecular complexity index is 550. The third kappa shape index (κ3) is 4.81. The molecule has 1 unspecified atom stereocenters. The van der Waals surface area contributed by atoms with E-state index in [1.165, 1.54) is 5.56 Å². The van der Waals surface area contributed by atoms with Crippen LogP contribution in [0.3, 0.4) is 0 Å². The van der Waals surface area contributed by atoms with E-state index in [0.29, 0.717) is 0 Å². The SMILES string of the molecule is CCCn1cc(CNc2cccc(OC(C)CC)c2)cn1. The summed E-state index contributed by atoms with van der Waals surface area (Å²) in [6, 6.07) is 8.11. The molecule has 0 saturated carbocycles. The molecule has 2 aromatic rings. The summed E-state index contributed by atoms with van der Waals surface area (Å²) in [5.41, 5.74) is 2.26. The van der Waals surface area contributed by atoms with Crippen LogP contribution in [0.5, 0.6) is 5.75 Å². The summed E-state index contributed by atoms with van der Waals surface area (Å²) >= 11 is 0. The van der Waals surface area contributed by atoms with Gasteiger partial charge in [0.15, 0.2) is 0 Å². The third-order valence-electron chi connectivity index (χ3n) is 3.38. The summed E-state index contributed by atoms with van der Waals surface area (Å²) in [4.78, 5) is 0. The van der Waals surface area contributed by atoms with Crippen molar-refractivity contribution >= 4 is 5.69 Å². The zero-order chi connectivity index (χ0) is 15.1. The summed E-state index contributed by atoms with van der Waals surface area (Å²) in [5.74, 6) is 0.913. The molecular formula is C17H25N3O. The molecule has 1 N–H and O–H groups in total. The number of nitrogens with one attached hydrogen (secondary N) is 1. The van der Waals surface area contributed by atoms with Crippen LogP contribution in [0.25, 0.3) is 0 Å². The Labute approximate surface area is 127 Å². The van der Waals surface area contributed by atoms with Gasteiger partial charge in [-0.25, -0.2) is 0 Å². The average Bonchev–Trinajstić information content (AvgIpc) is 2.93. The van der Waals surface area contributed by atoms with Gasteiger partial charge in [-0.15, -0.1) is 0 Å². The number of anilines is 1. The maximum absolute atomic E-state index is 5.84. The van der Waals surface area contributed by atoms with Gasteiger partial charge in [-0.1, -0.05) is 19.9 Å². The quantitative estimate of drug-likeness (QED) is 0.795. The van der Waals surface area contributed by atoms with Crippen LogP contribution in [0.2, 0.25) is 0 Å². The molecule has 0 saturated heterocycles. The Balaban J connectivity index is 1.91. The normalized spacial score (nSPS) is 12.1. The van der Waals surface area contributed by atoms with E-state index in [-0.39, 0.29) is 6.10 Å². The molecule has 1 aromatic carbocycles. The van der Waals surface area contributed by atoms with Gasteiger partial charge >= 0.3 is 0 Å². The van der Waals surface area contributed by atoms with Gasteiger partial charge in [0.1, 0.15) is 5.75 Å². The lowest BCUT2D eigenvalue weighted by Crippen LogP contribution is -2.09. The fourth-order valence-corrected chi connectivity index (χ4v) is 2.05. The van der Waals surface area contributed by atoms with Crippen LogP contribution in [-0.4, -0.2) is 15.9 Å². The van der Waals surface area contributed by atoms with E-state index < -0.39 is 0 Å². The Kier molecular flexibility index (Phi) is 5.67. The highest BCUT2D eigenvalue weighted by Crippen LogP contribution is 2.19. The predicted octanol–water partition coefficient (Wildman–Crippen LogP) is 4.08. The summed E-state index contributed by atoms with van der Waals surface area (Å²) in [5, 5.41) is 7.75. The fraction of sp³-hybridized carbons (Fsp3) is 0.471. The largest absolute Gasteiger partial charge is 0.491 e. The molecular weight excluding hydrogens is 262 g/mol. The van der Waals surface area contributed by atoms with Crippen molar-refractivity contribution in [2.45, 2.75) is 52.8 Å². The lowest BCUT2D eigenvalue weighted by atomic mass is 10.2. The minimum atomic E-state index is 0.243. The van der Waals surface area contributed by atoms with Crippen molar-refractivity contribution in [1.29, 1.82) is 0 Å². The van der Waals surface area contributed by atoms with Crippen LogP contribution >= 0.6 is 0 Å². The molecule has 114 valence electrons. The summed E-state index contributed by atoms with van der Waals surface area (Å²) in [7, 11) is 0. The van der Waals surface area contributed by atoms with Crippen LogP contribution in [0.4, 0.5) is 5.69 Å². The van der Waals surface area contributed by atoms with Crippen molar-refractivity contribution in [3.63, 3.8) is 0 Å². The molecule has 1 atom stereocenters. The number of hydrogen-bond acceptors (Lipinski definition) is 3. The Morgan fingerprint density at radius 3 is 2.95 bits per heavy atom. The second kappa shape index (κ2) is 7.72. The molecule has 1 heterocycles. The van der Waals surface area contributed by atoms with Crippen molar-refractivity contribution < 1.29 is 4.74 Å². The highest BCUT2D eigenvalue weighted by Gasteiger charge is 2.03. The molecule has 0 fully saturated rings. The Morgan fingerprint density at radius 2 is 2.19 bits per heavy atom. The predicted molar refractivity (Wildman–Crippen MR) is 86.7 cm³/mol. The topological polar surface area (TPSA) is 39.1 Å². The van der Waals surface area contributed by atoms with Gasteiger partial charge in [0.2, 0.25) is 0 Å². The third-order valence-corrected chi connectivity index (χ3v) is 3.38. The maximum atomic E-state index is 5.84. The maximum Gasteiger partial charge on any atom is 0.121 e. The van der Waals surface area contributed by atoms with Gasteiger partial charge in [-0.2, -0.15) is 5.10 Å². The van der Waals surface area contributed by atoms with Gasteiger partial charge in [-0.05, 0) is 31.9 Å². The Morgan fingerprint density at radius 1 is 1.33 bits per heavy atom. The molecule has 0 spiro atoms. The van der Waals surface area contributed by atoms with E-state index >= 15 is 0 Å². The number of benzene rings is 1. The van der Waals surface area contributed by atoms with E-state index in [1.54, 1.807) is 0 Å². The minimum Gasteiger partial charge on any atom is -0.491 e. The van der Waals surface area contributed by atoms with Crippen molar-refractivity contribution in [2.24, 2.45) is 0 Å². The van der Waals surface area contributed by atoms with E-state index in [4.69, 9.17) is 4.74 Å². The van der Waals surface area contributed by atoms with Crippen LogP contribution < -0.4 is 10.1 Å². The molecule has 0 aliphatic carbocycles. The van der Waals surface area contributed by atoms with E-state index in [2.05, 4.69) is 43.4 Å². The molecule has 21 heavy (non-hydrogen) atoms. The zero-order valence-corrected chi connectivity index (χ0v) is 13.2. The first-order valence-electron chi connectivity index (χ1n) is 7.73. The summed E-state index contributed by atoms with van der Waals surface area (Å²) in [6.45, 7) is 8.11. The first-order valence-corrected chi connectivity index (χ1v) is 7.73. The van der Waals surface area contributed by atoms with Crippen molar-refractivity contribution in [3.8, 4) is 5.75 Å². The van der Waals surface area contributed by atoms with Gasteiger partial charge in [0.05, 0.1) is 12.3 Å². The van der Waals surface area contributed by atoms with Crippen LogP contribution in [0.1, 0.15) is 39.2 Å². The molecule has 0 amide bonds. The van der Waals surface area contributed by atoms with Crippen molar-refractivity contribution in [2.75, 3.05) is 5.32 Å². The highest BCUT2D eigenvalue weighted by atomic mass is 16.5. The van der Waals surface area contributed by atoms with Crippen LogP contribution in [-0.2, 0) is 13.1 Å². The van der Waals surface area contributed by atoms with E-state index in [1.807, 2.05) is 29.1 Å². The van der Waals surface area contributed by atoms with E-state index in [0.717, 1.165) is 37.4 Å².